The van der Waals surface area contributed by atoms with E-state index in [2.05, 4.69) is 40.8 Å². The molecule has 1 saturated heterocycles. The van der Waals surface area contributed by atoms with Crippen LogP contribution in [-0.4, -0.2) is 49.2 Å². The lowest BCUT2D eigenvalue weighted by Gasteiger charge is -2.35. The summed E-state index contributed by atoms with van der Waals surface area (Å²) in [5.74, 6) is 0.277. The van der Waals surface area contributed by atoms with E-state index in [9.17, 15) is 9.59 Å². The van der Waals surface area contributed by atoms with E-state index in [1.165, 1.54) is 16.2 Å². The van der Waals surface area contributed by atoms with Gasteiger partial charge in [-0.15, -0.1) is 0 Å². The van der Waals surface area contributed by atoms with E-state index in [-0.39, 0.29) is 29.7 Å². The maximum atomic E-state index is 12.8. The molecule has 3 unspecified atom stereocenters. The second-order valence-corrected chi connectivity index (χ2v) is 10.4. The Bertz CT molecular complexity index is 1360. The van der Waals surface area contributed by atoms with Crippen LogP contribution in [0.25, 0.3) is 11.0 Å². The van der Waals surface area contributed by atoms with Crippen molar-refractivity contribution in [1.82, 2.24) is 24.3 Å². The molecule has 3 heterocycles. The van der Waals surface area contributed by atoms with Gasteiger partial charge in [0.05, 0.1) is 41.1 Å². The molecule has 7 nitrogen and oxygen atoms in total. The molecule has 0 N–H and O–H groups in total. The van der Waals surface area contributed by atoms with Gasteiger partial charge < -0.3 is 4.57 Å². The monoisotopic (exact) mass is 495 g/mol. The first-order chi connectivity index (χ1) is 18.1. The van der Waals surface area contributed by atoms with E-state index >= 15 is 0 Å². The van der Waals surface area contributed by atoms with Crippen molar-refractivity contribution in [2.75, 3.05) is 13.1 Å². The number of imidazole rings is 1. The molecule has 2 aliphatic carbocycles. The van der Waals surface area contributed by atoms with Crippen LogP contribution >= 0.6 is 0 Å². The maximum Gasteiger partial charge on any atom is 0.237 e. The van der Waals surface area contributed by atoms with E-state index in [0.717, 1.165) is 62.1 Å². The average Bonchev–Trinajstić information content (AvgIpc) is 3.38. The zero-order valence-corrected chi connectivity index (χ0v) is 21.3. The third kappa shape index (κ3) is 4.42. The summed E-state index contributed by atoms with van der Waals surface area (Å²) in [6, 6.07) is 12.7. The minimum absolute atomic E-state index is 0.0578. The molecule has 1 aromatic carbocycles. The van der Waals surface area contributed by atoms with Crippen molar-refractivity contribution in [3.8, 4) is 0 Å². The van der Waals surface area contributed by atoms with Gasteiger partial charge in [0, 0.05) is 19.8 Å². The summed E-state index contributed by atoms with van der Waals surface area (Å²) in [7, 11) is 2.09. The van der Waals surface area contributed by atoms with Gasteiger partial charge in [-0.1, -0.05) is 42.5 Å². The molecule has 3 atom stereocenters. The number of aromatic nitrogens is 3. The van der Waals surface area contributed by atoms with Crippen LogP contribution < -0.4 is 0 Å². The average molecular weight is 496 g/mol. The molecule has 0 radical (unpaired) electrons. The van der Waals surface area contributed by atoms with Crippen LogP contribution in [0.15, 0.2) is 66.9 Å². The minimum Gasteiger partial charge on any atom is -0.330 e. The van der Waals surface area contributed by atoms with Crippen LogP contribution in [0.4, 0.5) is 0 Å². The van der Waals surface area contributed by atoms with E-state index in [1.807, 2.05) is 42.6 Å². The number of allylic oxidation sites excluding steroid dienone is 2. The normalized spacial score (nSPS) is 22.8. The highest BCUT2D eigenvalue weighted by atomic mass is 16.2. The van der Waals surface area contributed by atoms with Crippen LogP contribution in [0.3, 0.4) is 0 Å². The molecule has 1 aliphatic heterocycles. The van der Waals surface area contributed by atoms with Crippen LogP contribution in [-0.2, 0) is 29.6 Å². The van der Waals surface area contributed by atoms with Gasteiger partial charge in [-0.2, -0.15) is 0 Å². The summed E-state index contributed by atoms with van der Waals surface area (Å²) >= 11 is 0. The number of para-hydroxylation sites is 2. The number of fused-ring (bicyclic) bond motifs is 3. The molecule has 3 aliphatic rings. The van der Waals surface area contributed by atoms with Crippen molar-refractivity contribution in [3.63, 3.8) is 0 Å². The summed E-state index contributed by atoms with van der Waals surface area (Å²) in [6.07, 6.45) is 14.3. The Hall–Kier alpha value is -3.58. The number of pyridine rings is 1. The lowest BCUT2D eigenvalue weighted by Crippen LogP contribution is -2.35. The number of benzene rings is 1. The van der Waals surface area contributed by atoms with Crippen molar-refractivity contribution < 1.29 is 9.59 Å². The lowest BCUT2D eigenvalue weighted by atomic mass is 9.90. The van der Waals surface area contributed by atoms with E-state index in [1.54, 1.807) is 0 Å². The second kappa shape index (κ2) is 10.1. The molecular formula is C30H33N5O2. The molecule has 2 aromatic heterocycles. The Morgan fingerprint density at radius 1 is 1.00 bits per heavy atom. The van der Waals surface area contributed by atoms with Gasteiger partial charge in [0.2, 0.25) is 11.8 Å². The quantitative estimate of drug-likeness (QED) is 0.343. The van der Waals surface area contributed by atoms with Gasteiger partial charge in [-0.05, 0) is 62.4 Å². The molecule has 3 aromatic rings. The third-order valence-corrected chi connectivity index (χ3v) is 8.14. The Labute approximate surface area is 217 Å². The Kier molecular flexibility index (Phi) is 6.47. The first kappa shape index (κ1) is 23.8. The topological polar surface area (TPSA) is 71.3 Å². The molecule has 0 saturated carbocycles. The minimum atomic E-state index is -0.323. The molecule has 37 heavy (non-hydrogen) atoms. The standard InChI is InChI=1S/C30H33N5O2/c1-33-25-15-5-4-14-24(25)32-27(33)20-34(26-16-8-10-21-11-9-17-31-28(21)26)18-6-7-19-35-29(36)22-12-2-3-13-23(22)30(35)37/h2-5,9,11-15,17,22-23,26H,6-8,10,16,18-20H2,1H3. The van der Waals surface area contributed by atoms with Gasteiger partial charge >= 0.3 is 0 Å². The van der Waals surface area contributed by atoms with Gasteiger partial charge in [0.1, 0.15) is 5.82 Å². The molecular weight excluding hydrogens is 462 g/mol. The summed E-state index contributed by atoms with van der Waals surface area (Å²) in [5.41, 5.74) is 4.67. The highest BCUT2D eigenvalue weighted by Crippen LogP contribution is 2.35. The van der Waals surface area contributed by atoms with Gasteiger partial charge in [0.15, 0.2) is 0 Å². The molecule has 7 heteroatoms. The number of aryl methyl sites for hydroxylation is 2. The summed E-state index contributed by atoms with van der Waals surface area (Å²) in [5, 5.41) is 0. The van der Waals surface area contributed by atoms with Crippen LogP contribution in [0.2, 0.25) is 0 Å². The number of amides is 2. The van der Waals surface area contributed by atoms with E-state index in [0.29, 0.717) is 6.54 Å². The predicted molar refractivity (Wildman–Crippen MR) is 142 cm³/mol. The number of unbranched alkanes of at least 4 members (excludes halogenated alkanes) is 1. The highest BCUT2D eigenvalue weighted by molar-refractivity contribution is 6.07. The van der Waals surface area contributed by atoms with Gasteiger partial charge in [-0.3, -0.25) is 24.4 Å². The lowest BCUT2D eigenvalue weighted by molar-refractivity contribution is -0.139. The molecule has 190 valence electrons. The third-order valence-electron chi connectivity index (χ3n) is 8.14. The number of carbonyl (C=O) groups excluding carboxylic acids is 2. The first-order valence-electron chi connectivity index (χ1n) is 13.4. The Morgan fingerprint density at radius 3 is 2.57 bits per heavy atom. The molecule has 0 bridgehead atoms. The van der Waals surface area contributed by atoms with E-state index < -0.39 is 0 Å². The highest BCUT2D eigenvalue weighted by Gasteiger charge is 2.45. The van der Waals surface area contributed by atoms with Crippen molar-refractivity contribution in [3.05, 3.63) is 84.0 Å². The first-order valence-corrected chi connectivity index (χ1v) is 13.4. The molecule has 1 fully saturated rings. The summed E-state index contributed by atoms with van der Waals surface area (Å²) in [6.45, 7) is 2.06. The van der Waals surface area contributed by atoms with Crippen molar-refractivity contribution >= 4 is 22.8 Å². The number of carbonyl (C=O) groups is 2. The molecule has 2 amide bonds. The maximum absolute atomic E-state index is 12.8. The van der Waals surface area contributed by atoms with E-state index in [4.69, 9.17) is 9.97 Å². The fourth-order valence-corrected chi connectivity index (χ4v) is 6.16. The molecule has 0 spiro atoms. The fourth-order valence-electron chi connectivity index (χ4n) is 6.16. The Balaban J connectivity index is 1.18. The summed E-state index contributed by atoms with van der Waals surface area (Å²) in [4.78, 5) is 39.4. The number of rotatable bonds is 8. The van der Waals surface area contributed by atoms with Crippen LogP contribution in [0.5, 0.6) is 0 Å². The number of hydrogen-bond donors (Lipinski definition) is 0. The van der Waals surface area contributed by atoms with Gasteiger partial charge in [0.25, 0.3) is 0 Å². The summed E-state index contributed by atoms with van der Waals surface area (Å²) < 4.78 is 2.19. The number of imide groups is 1. The zero-order valence-electron chi connectivity index (χ0n) is 21.3. The SMILES string of the molecule is Cn1c(CN(CCCCN2C(=O)C3C=CC=CC3C2=O)C2CCCc3cccnc32)nc2ccccc21. The van der Waals surface area contributed by atoms with Crippen molar-refractivity contribution in [1.29, 1.82) is 0 Å². The molecule has 6 rings (SSSR count). The smallest absolute Gasteiger partial charge is 0.237 e. The van der Waals surface area contributed by atoms with Crippen LogP contribution in [0, 0.1) is 11.8 Å². The Morgan fingerprint density at radius 2 is 1.78 bits per heavy atom. The predicted octanol–water partition coefficient (Wildman–Crippen LogP) is 4.36. The number of nitrogens with zero attached hydrogens (tertiary/aromatic N) is 5. The zero-order chi connectivity index (χ0) is 25.4. The largest absolute Gasteiger partial charge is 0.330 e. The number of hydrogen-bond acceptors (Lipinski definition) is 5. The van der Waals surface area contributed by atoms with Crippen molar-refractivity contribution in [2.45, 2.75) is 44.7 Å². The fraction of sp³-hybridized carbons (Fsp3) is 0.400. The van der Waals surface area contributed by atoms with Crippen LogP contribution in [0.1, 0.15) is 48.8 Å². The van der Waals surface area contributed by atoms with Crippen molar-refractivity contribution in [2.24, 2.45) is 18.9 Å². The van der Waals surface area contributed by atoms with Gasteiger partial charge in [-0.25, -0.2) is 4.98 Å². The number of likely N-dealkylation sites (tertiary alicyclic amines) is 1. The second-order valence-electron chi connectivity index (χ2n) is 10.4.